The van der Waals surface area contributed by atoms with E-state index in [0.29, 0.717) is 11.3 Å². The van der Waals surface area contributed by atoms with Crippen LogP contribution in [0.15, 0.2) is 42.7 Å². The summed E-state index contributed by atoms with van der Waals surface area (Å²) >= 11 is 0. The van der Waals surface area contributed by atoms with Crippen molar-refractivity contribution in [2.24, 2.45) is 5.92 Å². The highest BCUT2D eigenvalue weighted by Crippen LogP contribution is 2.45. The van der Waals surface area contributed by atoms with Gasteiger partial charge in [0.15, 0.2) is 0 Å². The zero-order valence-corrected chi connectivity index (χ0v) is 12.9. The van der Waals surface area contributed by atoms with E-state index in [1.165, 1.54) is 18.4 Å². The van der Waals surface area contributed by atoms with Crippen LogP contribution in [0.2, 0.25) is 0 Å². The molecule has 4 rings (SSSR count). The first-order valence-corrected chi connectivity index (χ1v) is 7.84. The van der Waals surface area contributed by atoms with E-state index in [1.807, 2.05) is 37.5 Å². The van der Waals surface area contributed by atoms with E-state index in [9.17, 15) is 4.39 Å². The fraction of sp³-hybridized carbons (Fsp3) is 0.316. The number of pyridine rings is 1. The third-order valence-electron chi connectivity index (χ3n) is 4.72. The molecule has 0 spiro atoms. The van der Waals surface area contributed by atoms with Crippen LogP contribution in [0.4, 0.5) is 4.39 Å². The van der Waals surface area contributed by atoms with Gasteiger partial charge in [-0.1, -0.05) is 12.1 Å². The molecule has 3 aromatic rings. The van der Waals surface area contributed by atoms with Crippen molar-refractivity contribution in [3.8, 4) is 0 Å². The molecule has 1 atom stereocenters. The molecule has 2 heterocycles. The zero-order valence-electron chi connectivity index (χ0n) is 12.9. The largest absolute Gasteiger partial charge is 0.338 e. The number of rotatable bonds is 3. The van der Waals surface area contributed by atoms with Gasteiger partial charge in [-0.25, -0.2) is 4.39 Å². The molecule has 0 N–H and O–H groups in total. The van der Waals surface area contributed by atoms with Gasteiger partial charge >= 0.3 is 0 Å². The summed E-state index contributed by atoms with van der Waals surface area (Å²) < 4.78 is 16.3. The maximum atomic E-state index is 14.1. The second kappa shape index (κ2) is 4.94. The van der Waals surface area contributed by atoms with Crippen LogP contribution in [0, 0.1) is 25.6 Å². The first-order valence-electron chi connectivity index (χ1n) is 7.84. The summed E-state index contributed by atoms with van der Waals surface area (Å²) in [6, 6.07) is 9.60. The van der Waals surface area contributed by atoms with Gasteiger partial charge in [0.2, 0.25) is 0 Å². The number of aryl methyl sites for hydroxylation is 2. The first kappa shape index (κ1) is 13.5. The Hall–Kier alpha value is -2.16. The fourth-order valence-corrected chi connectivity index (χ4v) is 3.46. The lowest BCUT2D eigenvalue weighted by Crippen LogP contribution is -2.15. The van der Waals surface area contributed by atoms with Crippen LogP contribution in [0.1, 0.15) is 35.7 Å². The summed E-state index contributed by atoms with van der Waals surface area (Å²) in [5.74, 6) is 0.457. The number of aromatic nitrogens is 2. The second-order valence-corrected chi connectivity index (χ2v) is 6.34. The van der Waals surface area contributed by atoms with Gasteiger partial charge in [0.05, 0.1) is 17.3 Å². The molecule has 2 nitrogen and oxygen atoms in total. The topological polar surface area (TPSA) is 17.8 Å². The highest BCUT2D eigenvalue weighted by molar-refractivity contribution is 5.84. The molecule has 1 unspecified atom stereocenters. The van der Waals surface area contributed by atoms with Crippen molar-refractivity contribution in [3.05, 3.63) is 65.4 Å². The molecular weight excluding hydrogens is 275 g/mol. The van der Waals surface area contributed by atoms with E-state index < -0.39 is 0 Å². The van der Waals surface area contributed by atoms with Crippen molar-refractivity contribution in [1.82, 2.24) is 9.55 Å². The number of hydrogen-bond acceptors (Lipinski definition) is 1. The Labute approximate surface area is 129 Å². The molecule has 0 saturated heterocycles. The van der Waals surface area contributed by atoms with E-state index in [-0.39, 0.29) is 11.9 Å². The average molecular weight is 294 g/mol. The van der Waals surface area contributed by atoms with Gasteiger partial charge < -0.3 is 4.57 Å². The molecular formula is C19H19FN2. The van der Waals surface area contributed by atoms with Gasteiger partial charge in [-0.05, 0) is 61.9 Å². The average Bonchev–Trinajstić information content (AvgIpc) is 3.24. The molecule has 1 saturated carbocycles. The van der Waals surface area contributed by atoms with Crippen molar-refractivity contribution in [1.29, 1.82) is 0 Å². The van der Waals surface area contributed by atoms with Crippen molar-refractivity contribution < 1.29 is 4.39 Å². The standard InChI is InChI=1S/C19H19FN2/c1-12-4-3-10-21-17(12)19(14-6-7-14)22-11-9-15-16(20)8-5-13(2)18(15)22/h3-5,8-11,14,19H,6-7H2,1-2H3. The van der Waals surface area contributed by atoms with Crippen LogP contribution < -0.4 is 0 Å². The normalized spacial score (nSPS) is 16.1. The van der Waals surface area contributed by atoms with Gasteiger partial charge in [0.1, 0.15) is 5.82 Å². The Balaban J connectivity index is 1.95. The quantitative estimate of drug-likeness (QED) is 0.679. The summed E-state index contributed by atoms with van der Waals surface area (Å²) in [5, 5.41) is 0.708. The number of fused-ring (bicyclic) bond motifs is 1. The van der Waals surface area contributed by atoms with E-state index in [0.717, 1.165) is 16.8 Å². The third-order valence-corrected chi connectivity index (χ3v) is 4.72. The van der Waals surface area contributed by atoms with Crippen LogP contribution in [0.5, 0.6) is 0 Å². The molecule has 0 radical (unpaired) electrons. The smallest absolute Gasteiger partial charge is 0.132 e. The highest BCUT2D eigenvalue weighted by Gasteiger charge is 2.36. The summed E-state index contributed by atoms with van der Waals surface area (Å²) in [6.07, 6.45) is 6.32. The van der Waals surface area contributed by atoms with Crippen LogP contribution in [0.25, 0.3) is 10.9 Å². The number of benzene rings is 1. The molecule has 1 fully saturated rings. The third kappa shape index (κ3) is 2.04. The van der Waals surface area contributed by atoms with Crippen LogP contribution in [0.3, 0.4) is 0 Å². The Kier molecular flexibility index (Phi) is 3.03. The van der Waals surface area contributed by atoms with Gasteiger partial charge in [-0.3, -0.25) is 4.98 Å². The molecule has 1 aromatic carbocycles. The predicted molar refractivity (Wildman–Crippen MR) is 86.5 cm³/mol. The number of halogens is 1. The lowest BCUT2D eigenvalue weighted by Gasteiger charge is -2.22. The predicted octanol–water partition coefficient (Wildman–Crippen LogP) is 4.79. The molecule has 112 valence electrons. The maximum Gasteiger partial charge on any atom is 0.132 e. The molecule has 0 aliphatic heterocycles. The van der Waals surface area contributed by atoms with Crippen molar-refractivity contribution in [3.63, 3.8) is 0 Å². The number of nitrogens with zero attached hydrogens (tertiary/aromatic N) is 2. The highest BCUT2D eigenvalue weighted by atomic mass is 19.1. The van der Waals surface area contributed by atoms with E-state index in [2.05, 4.69) is 22.5 Å². The fourth-order valence-electron chi connectivity index (χ4n) is 3.46. The second-order valence-electron chi connectivity index (χ2n) is 6.34. The van der Waals surface area contributed by atoms with E-state index in [4.69, 9.17) is 0 Å². The van der Waals surface area contributed by atoms with Gasteiger partial charge in [0.25, 0.3) is 0 Å². The van der Waals surface area contributed by atoms with E-state index in [1.54, 1.807) is 6.07 Å². The Morgan fingerprint density at radius 2 is 1.95 bits per heavy atom. The molecule has 0 bridgehead atoms. The monoisotopic (exact) mass is 294 g/mol. The first-order chi connectivity index (χ1) is 10.7. The summed E-state index contributed by atoms with van der Waals surface area (Å²) in [4.78, 5) is 4.64. The number of hydrogen-bond donors (Lipinski definition) is 0. The van der Waals surface area contributed by atoms with Gasteiger partial charge in [-0.2, -0.15) is 0 Å². The van der Waals surface area contributed by atoms with Gasteiger partial charge in [0, 0.05) is 17.8 Å². The minimum absolute atomic E-state index is 0.147. The van der Waals surface area contributed by atoms with Crippen molar-refractivity contribution in [2.45, 2.75) is 32.7 Å². The Morgan fingerprint density at radius 3 is 2.68 bits per heavy atom. The lowest BCUT2D eigenvalue weighted by atomic mass is 10.0. The Morgan fingerprint density at radius 1 is 1.14 bits per heavy atom. The molecule has 3 heteroatoms. The van der Waals surface area contributed by atoms with Crippen molar-refractivity contribution >= 4 is 10.9 Å². The Bertz CT molecular complexity index is 846. The lowest BCUT2D eigenvalue weighted by molar-refractivity contribution is 0.518. The maximum absolute atomic E-state index is 14.1. The minimum Gasteiger partial charge on any atom is -0.338 e. The SMILES string of the molecule is Cc1cccnc1C(C1CC1)n1ccc2c(F)ccc(C)c21. The zero-order chi connectivity index (χ0) is 15.3. The minimum atomic E-state index is -0.147. The van der Waals surface area contributed by atoms with Crippen LogP contribution in [-0.4, -0.2) is 9.55 Å². The van der Waals surface area contributed by atoms with E-state index >= 15 is 0 Å². The summed E-state index contributed by atoms with van der Waals surface area (Å²) in [6.45, 7) is 4.16. The molecule has 22 heavy (non-hydrogen) atoms. The summed E-state index contributed by atoms with van der Waals surface area (Å²) in [5.41, 5.74) is 4.43. The molecule has 1 aliphatic carbocycles. The molecule has 1 aliphatic rings. The molecule has 0 amide bonds. The summed E-state index contributed by atoms with van der Waals surface area (Å²) in [7, 11) is 0. The van der Waals surface area contributed by atoms with Crippen LogP contribution >= 0.6 is 0 Å². The van der Waals surface area contributed by atoms with Crippen molar-refractivity contribution in [2.75, 3.05) is 0 Å². The molecule has 2 aromatic heterocycles. The van der Waals surface area contributed by atoms with Crippen LogP contribution in [-0.2, 0) is 0 Å². The van der Waals surface area contributed by atoms with Gasteiger partial charge in [-0.15, -0.1) is 0 Å².